The Kier molecular flexibility index (Phi) is 8.71. The quantitative estimate of drug-likeness (QED) is 0.505. The first-order valence-electron chi connectivity index (χ1n) is 11.2. The second kappa shape index (κ2) is 11.7. The van der Waals surface area contributed by atoms with Crippen molar-refractivity contribution < 1.29 is 4.52 Å². The van der Waals surface area contributed by atoms with E-state index in [1.165, 1.54) is 5.56 Å². The number of piperazine rings is 1. The van der Waals surface area contributed by atoms with E-state index in [0.717, 1.165) is 70.6 Å². The van der Waals surface area contributed by atoms with Crippen molar-refractivity contribution in [2.75, 3.05) is 52.4 Å². The zero-order valence-corrected chi connectivity index (χ0v) is 18.6. The lowest BCUT2D eigenvalue weighted by molar-refractivity contribution is 0.168. The van der Waals surface area contributed by atoms with Crippen LogP contribution in [0.25, 0.3) is 0 Å². The molecule has 30 heavy (non-hydrogen) atoms. The van der Waals surface area contributed by atoms with Gasteiger partial charge in [-0.25, -0.2) is 0 Å². The number of aliphatic imine (C=N–C) groups is 1. The van der Waals surface area contributed by atoms with Crippen LogP contribution in [-0.2, 0) is 6.54 Å². The van der Waals surface area contributed by atoms with E-state index in [9.17, 15) is 0 Å². The molecule has 1 saturated heterocycles. The number of hydrogen-bond donors (Lipinski definition) is 1. The number of nitrogens with zero attached hydrogens (tertiary/aromatic N) is 5. The minimum Gasteiger partial charge on any atom is -0.364 e. The van der Waals surface area contributed by atoms with Gasteiger partial charge in [-0.05, 0) is 25.6 Å². The van der Waals surface area contributed by atoms with Crippen molar-refractivity contribution in [1.29, 1.82) is 0 Å². The molecule has 1 aliphatic heterocycles. The molecule has 2 heterocycles. The molecule has 164 valence electrons. The Hall–Kier alpha value is -2.38. The minimum absolute atomic E-state index is 0.295. The highest BCUT2D eigenvalue weighted by atomic mass is 16.5. The molecule has 0 aliphatic carbocycles. The first-order chi connectivity index (χ1) is 14.7. The summed E-state index contributed by atoms with van der Waals surface area (Å²) in [5.41, 5.74) is 2.33. The van der Waals surface area contributed by atoms with Crippen LogP contribution < -0.4 is 5.32 Å². The smallest absolute Gasteiger partial charge is 0.194 e. The van der Waals surface area contributed by atoms with Gasteiger partial charge in [-0.15, -0.1) is 0 Å². The van der Waals surface area contributed by atoms with Crippen LogP contribution in [0.5, 0.6) is 0 Å². The summed E-state index contributed by atoms with van der Waals surface area (Å²) in [4.78, 5) is 12.4. The number of guanidine groups is 1. The van der Waals surface area contributed by atoms with Crippen LogP contribution in [0, 0.1) is 0 Å². The highest BCUT2D eigenvalue weighted by Gasteiger charge is 2.22. The van der Waals surface area contributed by atoms with E-state index < -0.39 is 0 Å². The molecule has 0 spiro atoms. The fourth-order valence-corrected chi connectivity index (χ4v) is 4.04. The summed E-state index contributed by atoms with van der Waals surface area (Å²) in [5, 5.41) is 7.54. The third-order valence-electron chi connectivity index (χ3n) is 5.74. The van der Waals surface area contributed by atoms with Gasteiger partial charge in [0.1, 0.15) is 6.26 Å². The van der Waals surface area contributed by atoms with Crippen LogP contribution in [0.4, 0.5) is 0 Å². The predicted octanol–water partition coefficient (Wildman–Crippen LogP) is 2.84. The largest absolute Gasteiger partial charge is 0.364 e. The second-order valence-electron chi connectivity index (χ2n) is 7.60. The highest BCUT2D eigenvalue weighted by Crippen LogP contribution is 2.21. The third-order valence-corrected chi connectivity index (χ3v) is 5.74. The Morgan fingerprint density at radius 2 is 1.83 bits per heavy atom. The summed E-state index contributed by atoms with van der Waals surface area (Å²) >= 11 is 0. The molecule has 0 radical (unpaired) electrons. The standard InChI is InChI=1S/C23H36N6O/c1-4-24-23(29-15-13-27(14-16-29)19-21-12-17-30-26-21)25-18-22(28(5-2)6-3)20-10-8-7-9-11-20/h7-12,17,22H,4-6,13-16,18-19H2,1-3H3,(H,24,25). The highest BCUT2D eigenvalue weighted by molar-refractivity contribution is 5.80. The first kappa shape index (κ1) is 22.3. The number of likely N-dealkylation sites (N-methyl/N-ethyl adjacent to an activating group) is 1. The fourth-order valence-electron chi connectivity index (χ4n) is 4.04. The van der Waals surface area contributed by atoms with E-state index in [-0.39, 0.29) is 0 Å². The Morgan fingerprint density at radius 1 is 1.10 bits per heavy atom. The van der Waals surface area contributed by atoms with Crippen LogP contribution in [-0.4, -0.2) is 78.2 Å². The molecule has 7 nitrogen and oxygen atoms in total. The van der Waals surface area contributed by atoms with Crippen molar-refractivity contribution in [1.82, 2.24) is 25.2 Å². The average molecular weight is 413 g/mol. The summed E-state index contributed by atoms with van der Waals surface area (Å²) in [6.07, 6.45) is 1.64. The zero-order chi connectivity index (χ0) is 21.2. The van der Waals surface area contributed by atoms with Crippen molar-refractivity contribution >= 4 is 5.96 Å². The Morgan fingerprint density at radius 3 is 2.43 bits per heavy atom. The summed E-state index contributed by atoms with van der Waals surface area (Å²) in [5.74, 6) is 1.02. The van der Waals surface area contributed by atoms with Gasteiger partial charge in [0.15, 0.2) is 5.96 Å². The zero-order valence-electron chi connectivity index (χ0n) is 18.6. The van der Waals surface area contributed by atoms with Crippen LogP contribution >= 0.6 is 0 Å². The van der Waals surface area contributed by atoms with Gasteiger partial charge in [0.05, 0.1) is 18.3 Å². The van der Waals surface area contributed by atoms with E-state index in [1.807, 2.05) is 6.07 Å². The second-order valence-corrected chi connectivity index (χ2v) is 7.60. The lowest BCUT2D eigenvalue weighted by Crippen LogP contribution is -2.52. The van der Waals surface area contributed by atoms with E-state index in [4.69, 9.17) is 9.52 Å². The van der Waals surface area contributed by atoms with Crippen LogP contribution in [0.3, 0.4) is 0 Å². The third kappa shape index (κ3) is 6.06. The van der Waals surface area contributed by atoms with Crippen LogP contribution in [0.2, 0.25) is 0 Å². The van der Waals surface area contributed by atoms with Crippen molar-refractivity contribution in [3.63, 3.8) is 0 Å². The summed E-state index contributed by atoms with van der Waals surface area (Å²) in [6, 6.07) is 13.0. The molecule has 3 rings (SSSR count). The summed E-state index contributed by atoms with van der Waals surface area (Å²) < 4.78 is 4.96. The molecule has 1 unspecified atom stereocenters. The summed E-state index contributed by atoms with van der Waals surface area (Å²) in [6.45, 7) is 15.0. The molecule has 2 aromatic rings. The topological polar surface area (TPSA) is 60.1 Å². The maximum Gasteiger partial charge on any atom is 0.194 e. The van der Waals surface area contributed by atoms with Crippen LogP contribution in [0.1, 0.15) is 38.1 Å². The van der Waals surface area contributed by atoms with Gasteiger partial charge in [-0.3, -0.25) is 14.8 Å². The minimum atomic E-state index is 0.295. The average Bonchev–Trinajstić information content (AvgIpc) is 3.30. The Labute approximate surface area is 180 Å². The predicted molar refractivity (Wildman–Crippen MR) is 121 cm³/mol. The van der Waals surface area contributed by atoms with Crippen LogP contribution in [0.15, 0.2) is 52.2 Å². The molecule has 1 N–H and O–H groups in total. The molecule has 1 aromatic carbocycles. The van der Waals surface area contributed by atoms with Gasteiger partial charge in [-0.1, -0.05) is 49.3 Å². The van der Waals surface area contributed by atoms with Crippen molar-refractivity contribution in [2.45, 2.75) is 33.4 Å². The Balaban J connectivity index is 1.65. The maximum atomic E-state index is 5.08. The lowest BCUT2D eigenvalue weighted by atomic mass is 10.1. The lowest BCUT2D eigenvalue weighted by Gasteiger charge is -2.36. The molecular weight excluding hydrogens is 376 g/mol. The van der Waals surface area contributed by atoms with Crippen molar-refractivity contribution in [3.8, 4) is 0 Å². The molecule has 0 bridgehead atoms. The normalized spacial score (nSPS) is 16.8. The molecule has 1 aromatic heterocycles. The van der Waals surface area contributed by atoms with Crippen molar-refractivity contribution in [2.24, 2.45) is 4.99 Å². The maximum absolute atomic E-state index is 5.08. The fraction of sp³-hybridized carbons (Fsp3) is 0.565. The number of nitrogens with one attached hydrogen (secondary N) is 1. The van der Waals surface area contributed by atoms with E-state index >= 15 is 0 Å². The van der Waals surface area contributed by atoms with Gasteiger partial charge in [-0.2, -0.15) is 0 Å². The monoisotopic (exact) mass is 412 g/mol. The molecule has 1 aliphatic rings. The van der Waals surface area contributed by atoms with Gasteiger partial charge >= 0.3 is 0 Å². The number of benzene rings is 1. The Bertz CT molecular complexity index is 736. The molecular formula is C23H36N6O. The van der Waals surface area contributed by atoms with Gasteiger partial charge in [0.25, 0.3) is 0 Å². The van der Waals surface area contributed by atoms with Gasteiger partial charge < -0.3 is 14.7 Å². The number of aromatic nitrogens is 1. The molecule has 7 heteroatoms. The van der Waals surface area contributed by atoms with Gasteiger partial charge in [0, 0.05) is 45.3 Å². The van der Waals surface area contributed by atoms with Gasteiger partial charge in [0.2, 0.25) is 0 Å². The van der Waals surface area contributed by atoms with Crippen molar-refractivity contribution in [3.05, 3.63) is 53.9 Å². The summed E-state index contributed by atoms with van der Waals surface area (Å²) in [7, 11) is 0. The SMILES string of the molecule is CCNC(=NCC(c1ccccc1)N(CC)CC)N1CCN(Cc2ccon2)CC1. The number of rotatable bonds is 9. The molecule has 0 saturated carbocycles. The first-order valence-corrected chi connectivity index (χ1v) is 11.2. The number of hydrogen-bond acceptors (Lipinski definition) is 5. The van der Waals surface area contributed by atoms with E-state index in [1.54, 1.807) is 6.26 Å². The van der Waals surface area contributed by atoms with E-state index in [0.29, 0.717) is 6.04 Å². The molecule has 1 atom stereocenters. The molecule has 1 fully saturated rings. The van der Waals surface area contributed by atoms with E-state index in [2.05, 4.69) is 76.3 Å². The molecule has 0 amide bonds.